The predicted octanol–water partition coefficient (Wildman–Crippen LogP) is 2.62. The molecule has 1 aromatic rings. The zero-order chi connectivity index (χ0) is 14.0. The van der Waals surface area contributed by atoms with E-state index in [-0.39, 0.29) is 0 Å². The molecule has 0 amide bonds. The third kappa shape index (κ3) is 3.30. The molecule has 1 heterocycles. The second-order valence-corrected chi connectivity index (χ2v) is 6.46. The van der Waals surface area contributed by atoms with Crippen LogP contribution in [0.4, 0.5) is 5.69 Å². The van der Waals surface area contributed by atoms with Gasteiger partial charge in [-0.25, -0.2) is 0 Å². The number of likely N-dealkylation sites (N-methyl/N-ethyl adjacent to an activating group) is 1. The Labute approximate surface area is 124 Å². The zero-order valence-corrected chi connectivity index (χ0v) is 13.7. The van der Waals surface area contributed by atoms with Gasteiger partial charge in [0, 0.05) is 35.3 Å². The Morgan fingerprint density at radius 2 is 2.11 bits per heavy atom. The van der Waals surface area contributed by atoms with Crippen LogP contribution >= 0.6 is 15.9 Å². The summed E-state index contributed by atoms with van der Waals surface area (Å²) < 4.78 is 1.17. The molecular weight excluding hydrogens is 302 g/mol. The molecule has 4 heteroatoms. The van der Waals surface area contributed by atoms with Crippen molar-refractivity contribution < 1.29 is 0 Å². The summed E-state index contributed by atoms with van der Waals surface area (Å²) in [7, 11) is 2.21. The summed E-state index contributed by atoms with van der Waals surface area (Å²) in [5, 5.41) is 0. The van der Waals surface area contributed by atoms with E-state index in [2.05, 4.69) is 64.8 Å². The van der Waals surface area contributed by atoms with Crippen molar-refractivity contribution in [2.24, 2.45) is 5.73 Å². The summed E-state index contributed by atoms with van der Waals surface area (Å²) in [6.07, 6.45) is 1.05. The van der Waals surface area contributed by atoms with Gasteiger partial charge in [-0.15, -0.1) is 0 Å². The number of piperazine rings is 1. The third-order valence-corrected chi connectivity index (χ3v) is 5.02. The van der Waals surface area contributed by atoms with E-state index in [4.69, 9.17) is 5.73 Å². The Morgan fingerprint density at radius 1 is 1.37 bits per heavy atom. The third-order valence-electron chi connectivity index (χ3n) is 4.13. The maximum absolute atomic E-state index is 5.78. The van der Waals surface area contributed by atoms with Crippen molar-refractivity contribution in [2.45, 2.75) is 32.4 Å². The summed E-state index contributed by atoms with van der Waals surface area (Å²) in [5.41, 5.74) is 8.39. The summed E-state index contributed by atoms with van der Waals surface area (Å²) in [4.78, 5) is 4.96. The lowest BCUT2D eigenvalue weighted by Crippen LogP contribution is -2.56. The average molecular weight is 326 g/mol. The molecule has 2 atom stereocenters. The fourth-order valence-electron chi connectivity index (χ4n) is 2.75. The monoisotopic (exact) mass is 325 g/mol. The molecule has 19 heavy (non-hydrogen) atoms. The first kappa shape index (κ1) is 14.8. The lowest BCUT2D eigenvalue weighted by atomic mass is 10.0. The molecule has 0 bridgehead atoms. The van der Waals surface area contributed by atoms with Gasteiger partial charge in [-0.05, 0) is 57.6 Å². The maximum atomic E-state index is 5.78. The van der Waals surface area contributed by atoms with Crippen molar-refractivity contribution in [1.29, 1.82) is 0 Å². The Balaban J connectivity index is 2.25. The maximum Gasteiger partial charge on any atom is 0.0429 e. The average Bonchev–Trinajstić information content (AvgIpc) is 2.37. The molecule has 0 spiro atoms. The fraction of sp³-hybridized carbons (Fsp3) is 0.600. The van der Waals surface area contributed by atoms with E-state index in [0.717, 1.165) is 26.1 Å². The number of aryl methyl sites for hydroxylation is 1. The highest BCUT2D eigenvalue weighted by atomic mass is 79.9. The Bertz CT molecular complexity index is 435. The minimum Gasteiger partial charge on any atom is -0.366 e. The normalized spacial score (nSPS) is 24.8. The highest BCUT2D eigenvalue weighted by Gasteiger charge is 2.29. The second kappa shape index (κ2) is 6.25. The van der Waals surface area contributed by atoms with Gasteiger partial charge in [0.15, 0.2) is 0 Å². The topological polar surface area (TPSA) is 32.5 Å². The molecule has 1 saturated heterocycles. The van der Waals surface area contributed by atoms with E-state index in [1.165, 1.54) is 15.7 Å². The smallest absolute Gasteiger partial charge is 0.0429 e. The first-order valence-electron chi connectivity index (χ1n) is 6.96. The highest BCUT2D eigenvalue weighted by Crippen LogP contribution is 2.27. The largest absolute Gasteiger partial charge is 0.366 e. The van der Waals surface area contributed by atoms with Gasteiger partial charge in [0.25, 0.3) is 0 Å². The van der Waals surface area contributed by atoms with Crippen molar-refractivity contribution in [3.8, 4) is 0 Å². The van der Waals surface area contributed by atoms with E-state index >= 15 is 0 Å². The summed E-state index contributed by atoms with van der Waals surface area (Å²) in [5.74, 6) is 0. The van der Waals surface area contributed by atoms with E-state index in [9.17, 15) is 0 Å². The fourth-order valence-corrected chi connectivity index (χ4v) is 2.99. The van der Waals surface area contributed by atoms with Gasteiger partial charge in [-0.2, -0.15) is 0 Å². The number of benzene rings is 1. The predicted molar refractivity (Wildman–Crippen MR) is 85.8 cm³/mol. The van der Waals surface area contributed by atoms with E-state index in [0.29, 0.717) is 12.1 Å². The minimum atomic E-state index is 0.520. The van der Waals surface area contributed by atoms with Crippen molar-refractivity contribution in [2.75, 3.05) is 31.6 Å². The molecule has 1 fully saturated rings. The van der Waals surface area contributed by atoms with Crippen LogP contribution in [0.15, 0.2) is 22.7 Å². The Hall–Kier alpha value is -0.580. The molecule has 0 aromatic heterocycles. The molecule has 1 aliphatic rings. The van der Waals surface area contributed by atoms with Crippen LogP contribution in [0.25, 0.3) is 0 Å². The molecule has 2 N–H and O–H groups in total. The van der Waals surface area contributed by atoms with Gasteiger partial charge in [-0.3, -0.25) is 4.90 Å². The number of hydrogen-bond acceptors (Lipinski definition) is 3. The van der Waals surface area contributed by atoms with Crippen LogP contribution in [0.2, 0.25) is 0 Å². The van der Waals surface area contributed by atoms with Crippen LogP contribution in [0, 0.1) is 6.92 Å². The Kier molecular flexibility index (Phi) is 4.87. The molecular formula is C15H24BrN3. The van der Waals surface area contributed by atoms with Crippen LogP contribution in [0.1, 0.15) is 18.9 Å². The van der Waals surface area contributed by atoms with Crippen molar-refractivity contribution in [1.82, 2.24) is 4.90 Å². The first-order valence-corrected chi connectivity index (χ1v) is 7.75. The SMILES string of the molecule is Cc1cc(N2CC(C)N(C)CC2CCN)ccc1Br. The van der Waals surface area contributed by atoms with Gasteiger partial charge in [0.2, 0.25) is 0 Å². The summed E-state index contributed by atoms with van der Waals surface area (Å²) in [6, 6.07) is 7.72. The minimum absolute atomic E-state index is 0.520. The van der Waals surface area contributed by atoms with Gasteiger partial charge >= 0.3 is 0 Å². The van der Waals surface area contributed by atoms with E-state index < -0.39 is 0 Å². The molecule has 2 rings (SSSR count). The van der Waals surface area contributed by atoms with Gasteiger partial charge in [0.1, 0.15) is 0 Å². The molecule has 1 aromatic carbocycles. The molecule has 1 aliphatic heterocycles. The van der Waals surface area contributed by atoms with Crippen molar-refractivity contribution >= 4 is 21.6 Å². The van der Waals surface area contributed by atoms with Gasteiger partial charge in [0.05, 0.1) is 0 Å². The van der Waals surface area contributed by atoms with Crippen LogP contribution < -0.4 is 10.6 Å². The van der Waals surface area contributed by atoms with Crippen molar-refractivity contribution in [3.05, 3.63) is 28.2 Å². The van der Waals surface area contributed by atoms with E-state index in [1.807, 2.05) is 0 Å². The molecule has 0 saturated carbocycles. The van der Waals surface area contributed by atoms with Crippen LogP contribution in [0.5, 0.6) is 0 Å². The lowest BCUT2D eigenvalue weighted by molar-refractivity contribution is 0.196. The molecule has 2 unspecified atom stereocenters. The molecule has 0 aliphatic carbocycles. The quantitative estimate of drug-likeness (QED) is 0.927. The number of anilines is 1. The first-order chi connectivity index (χ1) is 9.02. The van der Waals surface area contributed by atoms with Crippen LogP contribution in [-0.2, 0) is 0 Å². The van der Waals surface area contributed by atoms with Gasteiger partial charge in [-0.1, -0.05) is 15.9 Å². The number of halogens is 1. The van der Waals surface area contributed by atoms with E-state index in [1.54, 1.807) is 0 Å². The van der Waals surface area contributed by atoms with Gasteiger partial charge < -0.3 is 10.6 Å². The molecule has 106 valence electrons. The number of nitrogens with zero attached hydrogens (tertiary/aromatic N) is 2. The summed E-state index contributed by atoms with van der Waals surface area (Å²) in [6.45, 7) is 7.34. The molecule has 0 radical (unpaired) electrons. The Morgan fingerprint density at radius 3 is 2.74 bits per heavy atom. The summed E-state index contributed by atoms with van der Waals surface area (Å²) >= 11 is 3.57. The lowest BCUT2D eigenvalue weighted by Gasteiger charge is -2.45. The van der Waals surface area contributed by atoms with Crippen LogP contribution in [0.3, 0.4) is 0 Å². The van der Waals surface area contributed by atoms with Crippen LogP contribution in [-0.4, -0.2) is 43.7 Å². The zero-order valence-electron chi connectivity index (χ0n) is 12.1. The standard InChI is InChI=1S/C15H24BrN3/c1-11-8-13(4-5-15(11)16)19-9-12(2)18(3)10-14(19)6-7-17/h4-5,8,12,14H,6-7,9-10,17H2,1-3H3. The molecule has 3 nitrogen and oxygen atoms in total. The van der Waals surface area contributed by atoms with Crippen molar-refractivity contribution in [3.63, 3.8) is 0 Å². The number of rotatable bonds is 3. The number of nitrogens with two attached hydrogens (primary N) is 1. The second-order valence-electron chi connectivity index (χ2n) is 5.61. The highest BCUT2D eigenvalue weighted by molar-refractivity contribution is 9.10. The number of hydrogen-bond donors (Lipinski definition) is 1.